The van der Waals surface area contributed by atoms with E-state index >= 15 is 0 Å². The van der Waals surface area contributed by atoms with Gasteiger partial charge in [-0.1, -0.05) is 0 Å². The summed E-state index contributed by atoms with van der Waals surface area (Å²) in [7, 11) is 0. The third kappa shape index (κ3) is 1.85. The number of ether oxygens (including phenoxy) is 1. The molecule has 84 valence electrons. The van der Waals surface area contributed by atoms with Gasteiger partial charge in [-0.25, -0.2) is 9.97 Å². The van der Waals surface area contributed by atoms with Crippen LogP contribution in [0.25, 0.3) is 11.2 Å². The summed E-state index contributed by atoms with van der Waals surface area (Å²) in [5.74, 6) is 1.39. The molecule has 0 aromatic carbocycles. The standard InChI is InChI=1S/C11H12BrN3O/c12-8-4-9-11(13-5-8)15-10(14-9)7-2-1-3-16-6-7/h4-5,7H,1-3,6H2,(H,13,14,15). The van der Waals surface area contributed by atoms with Gasteiger partial charge in [-0.05, 0) is 34.8 Å². The molecule has 1 aliphatic heterocycles. The lowest BCUT2D eigenvalue weighted by Crippen LogP contribution is -2.16. The van der Waals surface area contributed by atoms with Crippen LogP contribution in [0.3, 0.4) is 0 Å². The number of imidazole rings is 1. The first-order chi connectivity index (χ1) is 7.83. The van der Waals surface area contributed by atoms with Crippen LogP contribution in [0.5, 0.6) is 0 Å². The van der Waals surface area contributed by atoms with Gasteiger partial charge in [0.15, 0.2) is 5.65 Å². The zero-order valence-electron chi connectivity index (χ0n) is 8.74. The fourth-order valence-corrected chi connectivity index (χ4v) is 2.37. The van der Waals surface area contributed by atoms with Crippen LogP contribution < -0.4 is 0 Å². The number of nitrogens with zero attached hydrogens (tertiary/aromatic N) is 2. The highest BCUT2D eigenvalue weighted by molar-refractivity contribution is 9.10. The monoisotopic (exact) mass is 281 g/mol. The topological polar surface area (TPSA) is 50.8 Å². The van der Waals surface area contributed by atoms with E-state index in [1.807, 2.05) is 6.07 Å². The molecular formula is C11H12BrN3O. The van der Waals surface area contributed by atoms with E-state index in [0.29, 0.717) is 5.92 Å². The van der Waals surface area contributed by atoms with Gasteiger partial charge in [0.1, 0.15) is 5.82 Å². The van der Waals surface area contributed by atoms with Crippen molar-refractivity contribution in [3.05, 3.63) is 22.6 Å². The summed E-state index contributed by atoms with van der Waals surface area (Å²) >= 11 is 3.40. The number of rotatable bonds is 1. The van der Waals surface area contributed by atoms with Crippen LogP contribution in [0, 0.1) is 0 Å². The normalized spacial score (nSPS) is 21.4. The van der Waals surface area contributed by atoms with E-state index in [1.165, 1.54) is 0 Å². The first kappa shape index (κ1) is 10.2. The van der Waals surface area contributed by atoms with Crippen molar-refractivity contribution in [1.82, 2.24) is 15.0 Å². The van der Waals surface area contributed by atoms with Crippen molar-refractivity contribution < 1.29 is 4.74 Å². The van der Waals surface area contributed by atoms with Crippen molar-refractivity contribution in [3.63, 3.8) is 0 Å². The maximum atomic E-state index is 5.47. The number of nitrogens with one attached hydrogen (secondary N) is 1. The Bertz CT molecular complexity index is 505. The van der Waals surface area contributed by atoms with Crippen molar-refractivity contribution in [2.24, 2.45) is 0 Å². The molecule has 0 radical (unpaired) electrons. The fourth-order valence-electron chi connectivity index (χ4n) is 2.04. The van der Waals surface area contributed by atoms with Crippen molar-refractivity contribution in [2.75, 3.05) is 13.2 Å². The van der Waals surface area contributed by atoms with Crippen LogP contribution >= 0.6 is 15.9 Å². The highest BCUT2D eigenvalue weighted by Crippen LogP contribution is 2.25. The first-order valence-electron chi connectivity index (χ1n) is 5.42. The zero-order chi connectivity index (χ0) is 11.0. The summed E-state index contributed by atoms with van der Waals surface area (Å²) in [6.07, 6.45) is 4.02. The van der Waals surface area contributed by atoms with E-state index in [9.17, 15) is 0 Å². The maximum absolute atomic E-state index is 5.47. The minimum atomic E-state index is 0.390. The predicted molar refractivity (Wildman–Crippen MR) is 64.4 cm³/mol. The van der Waals surface area contributed by atoms with Gasteiger partial charge < -0.3 is 9.72 Å². The lowest BCUT2D eigenvalue weighted by Gasteiger charge is -2.19. The average molecular weight is 282 g/mol. The number of aromatic amines is 1. The smallest absolute Gasteiger partial charge is 0.177 e. The number of H-pyrrole nitrogens is 1. The van der Waals surface area contributed by atoms with Crippen molar-refractivity contribution >= 4 is 27.1 Å². The van der Waals surface area contributed by atoms with E-state index in [4.69, 9.17) is 4.74 Å². The Morgan fingerprint density at radius 2 is 2.44 bits per heavy atom. The molecule has 1 unspecified atom stereocenters. The Labute approximate surface area is 102 Å². The SMILES string of the molecule is Brc1cnc2nc(C3CCCOC3)[nH]c2c1. The Morgan fingerprint density at radius 3 is 3.25 bits per heavy atom. The van der Waals surface area contributed by atoms with E-state index in [1.54, 1.807) is 6.20 Å². The third-order valence-electron chi connectivity index (χ3n) is 2.87. The van der Waals surface area contributed by atoms with Gasteiger partial charge in [-0.2, -0.15) is 0 Å². The molecule has 5 heteroatoms. The van der Waals surface area contributed by atoms with Gasteiger partial charge in [-0.15, -0.1) is 0 Å². The number of hydrogen-bond donors (Lipinski definition) is 1. The molecule has 0 spiro atoms. The molecule has 3 heterocycles. The van der Waals surface area contributed by atoms with E-state index in [0.717, 1.165) is 47.5 Å². The lowest BCUT2D eigenvalue weighted by molar-refractivity contribution is 0.0784. The molecule has 3 rings (SSSR count). The van der Waals surface area contributed by atoms with Gasteiger partial charge in [-0.3, -0.25) is 0 Å². The highest BCUT2D eigenvalue weighted by Gasteiger charge is 2.19. The molecular weight excluding hydrogens is 270 g/mol. The molecule has 0 aliphatic carbocycles. The molecule has 2 aromatic heterocycles. The molecule has 1 N–H and O–H groups in total. The van der Waals surface area contributed by atoms with Crippen molar-refractivity contribution in [1.29, 1.82) is 0 Å². The van der Waals surface area contributed by atoms with Gasteiger partial charge in [0.25, 0.3) is 0 Å². The summed E-state index contributed by atoms with van der Waals surface area (Å²) < 4.78 is 6.43. The summed E-state index contributed by atoms with van der Waals surface area (Å²) in [5, 5.41) is 0. The van der Waals surface area contributed by atoms with Crippen LogP contribution in [0.15, 0.2) is 16.7 Å². The Kier molecular flexibility index (Phi) is 2.65. The Morgan fingerprint density at radius 1 is 1.50 bits per heavy atom. The van der Waals surface area contributed by atoms with Gasteiger partial charge >= 0.3 is 0 Å². The van der Waals surface area contributed by atoms with E-state index in [2.05, 4.69) is 30.9 Å². The second-order valence-electron chi connectivity index (χ2n) is 4.06. The number of hydrogen-bond acceptors (Lipinski definition) is 3. The van der Waals surface area contributed by atoms with E-state index < -0.39 is 0 Å². The molecule has 1 aliphatic rings. The lowest BCUT2D eigenvalue weighted by atomic mass is 10.0. The second kappa shape index (κ2) is 4.14. The Balaban J connectivity index is 1.97. The minimum absolute atomic E-state index is 0.390. The third-order valence-corrected chi connectivity index (χ3v) is 3.30. The van der Waals surface area contributed by atoms with Crippen LogP contribution in [0.1, 0.15) is 24.6 Å². The molecule has 0 amide bonds. The van der Waals surface area contributed by atoms with Crippen LogP contribution in [-0.2, 0) is 4.74 Å². The summed E-state index contributed by atoms with van der Waals surface area (Å²) in [6, 6.07) is 2.00. The maximum Gasteiger partial charge on any atom is 0.177 e. The fraction of sp³-hybridized carbons (Fsp3) is 0.455. The number of fused-ring (bicyclic) bond motifs is 1. The summed E-state index contributed by atoms with van der Waals surface area (Å²) in [5.41, 5.74) is 1.76. The highest BCUT2D eigenvalue weighted by atomic mass is 79.9. The van der Waals surface area contributed by atoms with Gasteiger partial charge in [0, 0.05) is 23.2 Å². The Hall–Kier alpha value is -0.940. The summed E-state index contributed by atoms with van der Waals surface area (Å²) in [4.78, 5) is 12.1. The molecule has 4 nitrogen and oxygen atoms in total. The predicted octanol–water partition coefficient (Wildman–Crippen LogP) is 2.61. The molecule has 2 aromatic rings. The first-order valence-corrected chi connectivity index (χ1v) is 6.21. The number of pyridine rings is 1. The molecule has 16 heavy (non-hydrogen) atoms. The number of halogens is 1. The molecule has 0 bridgehead atoms. The van der Waals surface area contributed by atoms with Crippen LogP contribution in [0.2, 0.25) is 0 Å². The van der Waals surface area contributed by atoms with Gasteiger partial charge in [0.2, 0.25) is 0 Å². The molecule has 1 atom stereocenters. The molecule has 1 fully saturated rings. The minimum Gasteiger partial charge on any atom is -0.381 e. The van der Waals surface area contributed by atoms with Crippen LogP contribution in [0.4, 0.5) is 0 Å². The largest absolute Gasteiger partial charge is 0.381 e. The number of aromatic nitrogens is 3. The van der Waals surface area contributed by atoms with Crippen LogP contribution in [-0.4, -0.2) is 28.2 Å². The van der Waals surface area contributed by atoms with Crippen molar-refractivity contribution in [2.45, 2.75) is 18.8 Å². The molecule has 0 saturated carbocycles. The quantitative estimate of drug-likeness (QED) is 0.874. The van der Waals surface area contributed by atoms with Crippen molar-refractivity contribution in [3.8, 4) is 0 Å². The summed E-state index contributed by atoms with van der Waals surface area (Å²) in [6.45, 7) is 1.64. The average Bonchev–Trinajstić information content (AvgIpc) is 2.73. The second-order valence-corrected chi connectivity index (χ2v) is 4.98. The van der Waals surface area contributed by atoms with Gasteiger partial charge in [0.05, 0.1) is 12.1 Å². The zero-order valence-corrected chi connectivity index (χ0v) is 10.3. The van der Waals surface area contributed by atoms with E-state index in [-0.39, 0.29) is 0 Å². The molecule has 1 saturated heterocycles.